The van der Waals surface area contributed by atoms with Crippen molar-refractivity contribution in [2.24, 2.45) is 34.5 Å². The molecule has 2 amide bonds. The molecule has 4 nitrogen and oxygen atoms in total. The fourth-order valence-corrected chi connectivity index (χ4v) is 8.43. The molecule has 0 spiro atoms. The van der Waals surface area contributed by atoms with E-state index in [1.807, 2.05) is 18.0 Å². The molecule has 3 fully saturated rings. The van der Waals surface area contributed by atoms with Crippen molar-refractivity contribution in [2.45, 2.75) is 98.2 Å². The molecule has 4 rings (SSSR count). The normalized spacial score (nSPS) is 42.9. The van der Waals surface area contributed by atoms with Crippen LogP contribution in [0.1, 0.15) is 80.1 Å². The predicted molar refractivity (Wildman–Crippen MR) is 121 cm³/mol. The maximum Gasteiger partial charge on any atom is 0.246 e. The number of amides is 2. The summed E-state index contributed by atoms with van der Waals surface area (Å²) in [5, 5.41) is 0. The number of hydrogen-bond acceptors (Lipinski definition) is 2. The van der Waals surface area contributed by atoms with Crippen LogP contribution >= 0.6 is 0 Å². The van der Waals surface area contributed by atoms with Gasteiger partial charge >= 0.3 is 0 Å². The fourth-order valence-electron chi connectivity index (χ4n) is 8.43. The van der Waals surface area contributed by atoms with Gasteiger partial charge in [-0.05, 0) is 95.5 Å². The van der Waals surface area contributed by atoms with E-state index in [1.54, 1.807) is 0 Å². The number of likely N-dealkylation sites (N-methyl/N-ethyl adjacent to an activating group) is 1. The third kappa shape index (κ3) is 2.99. The Bertz CT molecular complexity index is 735. The number of carbonyl (C=O) groups excluding carboxylic acids is 2. The SMILES string of the molecule is CC(C)N(C(=O)C1CCC2C3CCC4N(C)C(=O)C=CC4(C)C3CCC12C)C(C)C. The van der Waals surface area contributed by atoms with Gasteiger partial charge in [-0.3, -0.25) is 9.59 Å². The molecule has 3 saturated carbocycles. The Morgan fingerprint density at radius 1 is 1.03 bits per heavy atom. The molecular weight excluding hydrogens is 372 g/mol. The fraction of sp³-hybridized carbons (Fsp3) is 0.846. The van der Waals surface area contributed by atoms with E-state index >= 15 is 0 Å². The summed E-state index contributed by atoms with van der Waals surface area (Å²) < 4.78 is 0. The molecule has 0 aromatic rings. The molecule has 0 radical (unpaired) electrons. The van der Waals surface area contributed by atoms with Crippen LogP contribution in [0.25, 0.3) is 0 Å². The van der Waals surface area contributed by atoms with E-state index in [-0.39, 0.29) is 34.7 Å². The lowest BCUT2D eigenvalue weighted by atomic mass is 9.47. The first-order chi connectivity index (χ1) is 14.0. The van der Waals surface area contributed by atoms with Crippen LogP contribution in [0.4, 0.5) is 0 Å². The Balaban J connectivity index is 1.61. The van der Waals surface area contributed by atoms with E-state index < -0.39 is 0 Å². The Kier molecular flexibility index (Phi) is 5.38. The van der Waals surface area contributed by atoms with E-state index in [9.17, 15) is 9.59 Å². The predicted octanol–water partition coefficient (Wildman–Crippen LogP) is 4.89. The number of hydrogen-bond donors (Lipinski definition) is 0. The van der Waals surface area contributed by atoms with Gasteiger partial charge in [-0.25, -0.2) is 0 Å². The molecule has 3 aliphatic carbocycles. The van der Waals surface area contributed by atoms with Crippen molar-refractivity contribution in [3.05, 3.63) is 12.2 Å². The zero-order valence-corrected chi connectivity index (χ0v) is 20.1. The second-order valence-electron chi connectivity index (χ2n) is 11.7. The van der Waals surface area contributed by atoms with Crippen LogP contribution in [0.3, 0.4) is 0 Å². The van der Waals surface area contributed by atoms with Crippen molar-refractivity contribution < 1.29 is 9.59 Å². The number of fused-ring (bicyclic) bond motifs is 5. The van der Waals surface area contributed by atoms with E-state index in [1.165, 1.54) is 19.3 Å². The smallest absolute Gasteiger partial charge is 0.246 e. The van der Waals surface area contributed by atoms with Gasteiger partial charge in [0.2, 0.25) is 11.8 Å². The Morgan fingerprint density at radius 2 is 1.70 bits per heavy atom. The summed E-state index contributed by atoms with van der Waals surface area (Å²) in [6.07, 6.45) is 10.9. The Labute approximate surface area is 183 Å². The third-order valence-corrected chi connectivity index (χ3v) is 9.79. The topological polar surface area (TPSA) is 40.6 Å². The van der Waals surface area contributed by atoms with Crippen molar-refractivity contribution in [1.29, 1.82) is 0 Å². The summed E-state index contributed by atoms with van der Waals surface area (Å²) >= 11 is 0. The molecule has 4 heteroatoms. The van der Waals surface area contributed by atoms with Crippen molar-refractivity contribution >= 4 is 11.8 Å². The Hall–Kier alpha value is -1.32. The summed E-state index contributed by atoms with van der Waals surface area (Å²) in [4.78, 5) is 30.1. The number of carbonyl (C=O) groups is 2. The molecule has 30 heavy (non-hydrogen) atoms. The van der Waals surface area contributed by atoms with Crippen LogP contribution in [-0.4, -0.2) is 46.8 Å². The second kappa shape index (κ2) is 7.38. The molecule has 1 heterocycles. The number of nitrogens with zero attached hydrogens (tertiary/aromatic N) is 2. The van der Waals surface area contributed by atoms with E-state index in [0.29, 0.717) is 29.7 Å². The van der Waals surface area contributed by atoms with Crippen LogP contribution in [0, 0.1) is 34.5 Å². The lowest BCUT2D eigenvalue weighted by Gasteiger charge is -2.60. The third-order valence-electron chi connectivity index (χ3n) is 9.79. The van der Waals surface area contributed by atoms with Crippen LogP contribution in [0.5, 0.6) is 0 Å². The quantitative estimate of drug-likeness (QED) is 0.660. The lowest BCUT2D eigenvalue weighted by molar-refractivity contribution is -0.150. The first-order valence-corrected chi connectivity index (χ1v) is 12.3. The Morgan fingerprint density at radius 3 is 2.33 bits per heavy atom. The molecule has 0 N–H and O–H groups in total. The highest BCUT2D eigenvalue weighted by Crippen LogP contribution is 2.65. The lowest BCUT2D eigenvalue weighted by Crippen LogP contribution is -2.60. The van der Waals surface area contributed by atoms with Gasteiger partial charge in [0.25, 0.3) is 0 Å². The maximum absolute atomic E-state index is 13.7. The molecule has 0 aromatic heterocycles. The molecule has 0 saturated heterocycles. The summed E-state index contributed by atoms with van der Waals surface area (Å²) in [6.45, 7) is 13.4. The molecular formula is C26H42N2O2. The van der Waals surface area contributed by atoms with Gasteiger partial charge in [-0.1, -0.05) is 19.9 Å². The maximum atomic E-state index is 13.7. The van der Waals surface area contributed by atoms with Crippen molar-refractivity contribution in [3.63, 3.8) is 0 Å². The first kappa shape index (κ1) is 21.9. The molecule has 1 aliphatic heterocycles. The summed E-state index contributed by atoms with van der Waals surface area (Å²) in [7, 11) is 1.98. The zero-order valence-electron chi connectivity index (χ0n) is 20.1. The van der Waals surface area contributed by atoms with Gasteiger partial charge < -0.3 is 9.80 Å². The van der Waals surface area contributed by atoms with Gasteiger partial charge in [0.15, 0.2) is 0 Å². The zero-order chi connectivity index (χ0) is 22.0. The monoisotopic (exact) mass is 414 g/mol. The van der Waals surface area contributed by atoms with Crippen LogP contribution in [0.2, 0.25) is 0 Å². The average Bonchev–Trinajstić information content (AvgIpc) is 3.01. The van der Waals surface area contributed by atoms with Crippen molar-refractivity contribution in [3.8, 4) is 0 Å². The van der Waals surface area contributed by atoms with Crippen molar-refractivity contribution in [1.82, 2.24) is 9.80 Å². The first-order valence-electron chi connectivity index (χ1n) is 12.3. The number of rotatable bonds is 3. The molecule has 4 aliphatic rings. The van der Waals surface area contributed by atoms with E-state index in [4.69, 9.17) is 0 Å². The molecule has 168 valence electrons. The van der Waals surface area contributed by atoms with Crippen LogP contribution in [-0.2, 0) is 9.59 Å². The molecule has 0 bridgehead atoms. The highest BCUT2D eigenvalue weighted by Gasteiger charge is 2.61. The summed E-state index contributed by atoms with van der Waals surface area (Å²) in [5.41, 5.74) is 0.209. The van der Waals surface area contributed by atoms with Crippen LogP contribution < -0.4 is 0 Å². The van der Waals surface area contributed by atoms with Gasteiger partial charge in [0.1, 0.15) is 0 Å². The minimum Gasteiger partial charge on any atom is -0.338 e. The van der Waals surface area contributed by atoms with Crippen molar-refractivity contribution in [2.75, 3.05) is 7.05 Å². The minimum absolute atomic E-state index is 0.0803. The van der Waals surface area contributed by atoms with E-state index in [2.05, 4.69) is 52.5 Å². The van der Waals surface area contributed by atoms with E-state index in [0.717, 1.165) is 19.3 Å². The van der Waals surface area contributed by atoms with Gasteiger partial charge in [0, 0.05) is 36.5 Å². The van der Waals surface area contributed by atoms with Gasteiger partial charge in [-0.2, -0.15) is 0 Å². The molecule has 7 unspecified atom stereocenters. The van der Waals surface area contributed by atoms with Gasteiger partial charge in [0.05, 0.1) is 0 Å². The summed E-state index contributed by atoms with van der Waals surface area (Å²) in [6, 6.07) is 0.842. The highest BCUT2D eigenvalue weighted by atomic mass is 16.2. The summed E-state index contributed by atoms with van der Waals surface area (Å²) in [5.74, 6) is 2.67. The average molecular weight is 415 g/mol. The van der Waals surface area contributed by atoms with Gasteiger partial charge in [-0.15, -0.1) is 0 Å². The minimum atomic E-state index is 0.0803. The highest BCUT2D eigenvalue weighted by molar-refractivity contribution is 5.89. The molecule has 0 aromatic carbocycles. The van der Waals surface area contributed by atoms with Crippen LogP contribution in [0.15, 0.2) is 12.2 Å². The molecule has 7 atom stereocenters. The standard InChI is InChI=1S/C26H42N2O2/c1-16(2)28(17(3)4)24(30)21-10-9-19-18-8-11-22-26(6,15-13-23(29)27(22)7)20(18)12-14-25(19,21)5/h13,15-22H,8-12,14H2,1-7H3. The largest absolute Gasteiger partial charge is 0.338 e. The second-order valence-corrected chi connectivity index (χ2v) is 11.7.